The molecule has 1 saturated carbocycles. The number of carbonyl (C=O) groups excluding carboxylic acids is 2. The van der Waals surface area contributed by atoms with Crippen LogP contribution in [-0.2, 0) is 0 Å². The number of nitrogens with one attached hydrogen (secondary N) is 1. The smallest absolute Gasteiger partial charge is 0.265 e. The molecule has 1 saturated heterocycles. The van der Waals surface area contributed by atoms with Crippen LogP contribution in [0.1, 0.15) is 58.6 Å². The minimum absolute atomic E-state index is 0.114. The molecule has 5 rings (SSSR count). The number of fused-ring (bicyclic) bond motifs is 2. The highest BCUT2D eigenvalue weighted by Crippen LogP contribution is 2.36. The highest BCUT2D eigenvalue weighted by molar-refractivity contribution is 7.20. The fourth-order valence-electron chi connectivity index (χ4n) is 5.03. The number of hydrogen-bond donors (Lipinski definition) is 1. The predicted octanol–water partition coefficient (Wildman–Crippen LogP) is 5.95. The number of benzene rings is 2. The summed E-state index contributed by atoms with van der Waals surface area (Å²) in [4.78, 5) is 28.6. The lowest BCUT2D eigenvalue weighted by molar-refractivity contribution is 0.0390. The van der Waals surface area contributed by atoms with Gasteiger partial charge in [-0.3, -0.25) is 9.59 Å². The lowest BCUT2D eigenvalue weighted by atomic mass is 9.78. The molecule has 2 fully saturated rings. The van der Waals surface area contributed by atoms with Gasteiger partial charge in [0, 0.05) is 28.5 Å². The second-order valence-electron chi connectivity index (χ2n) is 8.43. The molecule has 5 heteroatoms. The third kappa shape index (κ3) is 3.74. The Morgan fingerprint density at radius 1 is 0.933 bits per heavy atom. The van der Waals surface area contributed by atoms with Crippen molar-refractivity contribution in [3.8, 4) is 0 Å². The minimum Gasteiger partial charge on any atom is -0.335 e. The van der Waals surface area contributed by atoms with Gasteiger partial charge in [-0.25, -0.2) is 0 Å². The highest BCUT2D eigenvalue weighted by atomic mass is 32.1. The van der Waals surface area contributed by atoms with Crippen LogP contribution in [0, 0.1) is 5.92 Å². The van der Waals surface area contributed by atoms with Crippen LogP contribution >= 0.6 is 11.3 Å². The van der Waals surface area contributed by atoms with E-state index in [1.54, 1.807) is 0 Å². The lowest BCUT2D eigenvalue weighted by Crippen LogP contribution is -2.49. The average molecular weight is 419 g/mol. The molecule has 0 radical (unpaired) electrons. The van der Waals surface area contributed by atoms with Crippen LogP contribution in [0.2, 0.25) is 0 Å². The Balaban J connectivity index is 1.28. The van der Waals surface area contributed by atoms with Gasteiger partial charge in [0.15, 0.2) is 0 Å². The zero-order valence-electron chi connectivity index (χ0n) is 17.0. The van der Waals surface area contributed by atoms with Gasteiger partial charge in [0.2, 0.25) is 0 Å². The molecule has 2 heterocycles. The molecule has 0 unspecified atom stereocenters. The molecule has 30 heavy (non-hydrogen) atoms. The van der Waals surface area contributed by atoms with Crippen molar-refractivity contribution in [3.05, 3.63) is 65.0 Å². The first kappa shape index (κ1) is 19.3. The van der Waals surface area contributed by atoms with Crippen LogP contribution in [0.5, 0.6) is 0 Å². The molecule has 1 N–H and O–H groups in total. The van der Waals surface area contributed by atoms with Crippen LogP contribution in [0.3, 0.4) is 0 Å². The summed E-state index contributed by atoms with van der Waals surface area (Å²) in [6.45, 7) is 0.866. The van der Waals surface area contributed by atoms with Gasteiger partial charge in [0.1, 0.15) is 0 Å². The van der Waals surface area contributed by atoms with Crippen LogP contribution in [0.15, 0.2) is 54.6 Å². The molecule has 2 aliphatic rings. The van der Waals surface area contributed by atoms with Gasteiger partial charge in [0.25, 0.3) is 11.8 Å². The van der Waals surface area contributed by atoms with Crippen LogP contribution < -0.4 is 5.32 Å². The Hall–Kier alpha value is -2.66. The third-order valence-electron chi connectivity index (χ3n) is 6.54. The van der Waals surface area contributed by atoms with E-state index in [0.29, 0.717) is 28.1 Å². The number of amides is 2. The standard InChI is InChI=1S/C25H26N2O2S/c28-24(23-16-19-7-2-4-10-22(19)30-23)26-20-13-11-18(12-14-20)25(29)27-15-5-8-17-6-1-3-9-21(17)27/h2,4,7,10-14,16-17,21H,1,3,5-6,8-9,15H2,(H,26,28)/t17-,21-/m0/s1. The molecule has 4 nitrogen and oxygen atoms in total. The van der Waals surface area contributed by atoms with E-state index in [-0.39, 0.29) is 11.8 Å². The number of anilines is 1. The van der Waals surface area contributed by atoms with Crippen molar-refractivity contribution in [2.24, 2.45) is 5.92 Å². The number of thiophene rings is 1. The van der Waals surface area contributed by atoms with E-state index in [2.05, 4.69) is 10.2 Å². The van der Waals surface area contributed by atoms with Crippen molar-refractivity contribution in [1.29, 1.82) is 0 Å². The first-order chi connectivity index (χ1) is 14.7. The van der Waals surface area contributed by atoms with E-state index in [1.807, 2.05) is 54.6 Å². The zero-order chi connectivity index (χ0) is 20.5. The molecular formula is C25H26N2O2S. The van der Waals surface area contributed by atoms with Gasteiger partial charge in [-0.15, -0.1) is 11.3 Å². The van der Waals surface area contributed by atoms with E-state index < -0.39 is 0 Å². The van der Waals surface area contributed by atoms with Crippen molar-refractivity contribution in [3.63, 3.8) is 0 Å². The molecule has 0 bridgehead atoms. The first-order valence-corrected chi connectivity index (χ1v) is 11.7. The maximum atomic E-state index is 13.1. The second kappa shape index (κ2) is 8.23. The van der Waals surface area contributed by atoms with Crippen LogP contribution in [0.25, 0.3) is 10.1 Å². The number of rotatable bonds is 3. The fraction of sp³-hybridized carbons (Fsp3) is 0.360. The summed E-state index contributed by atoms with van der Waals surface area (Å²) in [5.41, 5.74) is 1.42. The Kier molecular flexibility index (Phi) is 5.30. The number of likely N-dealkylation sites (tertiary alicyclic amines) is 1. The van der Waals surface area contributed by atoms with Gasteiger partial charge in [-0.05, 0) is 73.4 Å². The maximum Gasteiger partial charge on any atom is 0.265 e. The van der Waals surface area contributed by atoms with Crippen molar-refractivity contribution in [2.75, 3.05) is 11.9 Å². The summed E-state index contributed by atoms with van der Waals surface area (Å²) in [6.07, 6.45) is 7.30. The van der Waals surface area contributed by atoms with E-state index in [0.717, 1.165) is 29.5 Å². The van der Waals surface area contributed by atoms with Crippen molar-refractivity contribution >= 4 is 38.9 Å². The number of carbonyl (C=O) groups is 2. The molecular weight excluding hydrogens is 392 g/mol. The number of piperidine rings is 1. The monoisotopic (exact) mass is 418 g/mol. The normalized spacial score (nSPS) is 21.3. The Bertz CT molecular complexity index is 1040. The molecule has 1 aliphatic carbocycles. The largest absolute Gasteiger partial charge is 0.335 e. The number of hydrogen-bond acceptors (Lipinski definition) is 3. The first-order valence-electron chi connectivity index (χ1n) is 10.9. The minimum atomic E-state index is -0.114. The van der Waals surface area contributed by atoms with Gasteiger partial charge in [-0.1, -0.05) is 31.0 Å². The van der Waals surface area contributed by atoms with Crippen molar-refractivity contribution in [1.82, 2.24) is 4.90 Å². The van der Waals surface area contributed by atoms with E-state index in [9.17, 15) is 9.59 Å². The Morgan fingerprint density at radius 2 is 1.70 bits per heavy atom. The summed E-state index contributed by atoms with van der Waals surface area (Å²) in [6, 6.07) is 17.7. The molecule has 2 aromatic carbocycles. The van der Waals surface area contributed by atoms with E-state index >= 15 is 0 Å². The fourth-order valence-corrected chi connectivity index (χ4v) is 5.98. The summed E-state index contributed by atoms with van der Waals surface area (Å²) in [7, 11) is 0. The predicted molar refractivity (Wildman–Crippen MR) is 122 cm³/mol. The Labute approximate surface area is 180 Å². The summed E-state index contributed by atoms with van der Waals surface area (Å²) >= 11 is 1.49. The van der Waals surface area contributed by atoms with Gasteiger partial charge >= 0.3 is 0 Å². The van der Waals surface area contributed by atoms with E-state index in [1.165, 1.54) is 37.0 Å². The molecule has 0 spiro atoms. The maximum absolute atomic E-state index is 13.1. The lowest BCUT2D eigenvalue weighted by Gasteiger charge is -2.44. The molecule has 1 aromatic heterocycles. The van der Waals surface area contributed by atoms with Crippen molar-refractivity contribution < 1.29 is 9.59 Å². The SMILES string of the molecule is O=C(Nc1ccc(C(=O)N2CCC[C@@H]3CCCC[C@@H]32)cc1)c1cc2ccccc2s1. The molecule has 154 valence electrons. The highest BCUT2D eigenvalue weighted by Gasteiger charge is 2.35. The quantitative estimate of drug-likeness (QED) is 0.571. The van der Waals surface area contributed by atoms with Crippen LogP contribution in [-0.4, -0.2) is 29.3 Å². The molecule has 3 aromatic rings. The average Bonchev–Trinajstić information content (AvgIpc) is 3.23. The second-order valence-corrected chi connectivity index (χ2v) is 9.52. The molecule has 2 amide bonds. The molecule has 1 aliphatic heterocycles. The summed E-state index contributed by atoms with van der Waals surface area (Å²) < 4.78 is 1.10. The topological polar surface area (TPSA) is 49.4 Å². The van der Waals surface area contributed by atoms with Crippen LogP contribution in [0.4, 0.5) is 5.69 Å². The third-order valence-corrected chi connectivity index (χ3v) is 7.66. The van der Waals surface area contributed by atoms with Gasteiger partial charge in [-0.2, -0.15) is 0 Å². The summed E-state index contributed by atoms with van der Waals surface area (Å²) in [5.74, 6) is 0.696. The summed E-state index contributed by atoms with van der Waals surface area (Å²) in [5, 5.41) is 4.04. The van der Waals surface area contributed by atoms with Gasteiger partial charge < -0.3 is 10.2 Å². The number of nitrogens with zero attached hydrogens (tertiary/aromatic N) is 1. The molecule has 2 atom stereocenters. The Morgan fingerprint density at radius 3 is 2.53 bits per heavy atom. The zero-order valence-corrected chi connectivity index (χ0v) is 17.8. The van der Waals surface area contributed by atoms with E-state index in [4.69, 9.17) is 0 Å². The van der Waals surface area contributed by atoms with Crippen molar-refractivity contribution in [2.45, 2.75) is 44.6 Å². The van der Waals surface area contributed by atoms with Gasteiger partial charge in [0.05, 0.1) is 4.88 Å².